The van der Waals surface area contributed by atoms with Gasteiger partial charge in [-0.3, -0.25) is 9.78 Å². The number of Topliss-reactive ketones (excluding diaryl/α,β-unsaturated/α-hetero) is 1. The molecule has 0 aliphatic rings. The molecule has 3 nitrogen and oxygen atoms in total. The highest BCUT2D eigenvalue weighted by Gasteiger charge is 2.31. The van der Waals surface area contributed by atoms with Gasteiger partial charge in [0.1, 0.15) is 6.10 Å². The summed E-state index contributed by atoms with van der Waals surface area (Å²) in [5.74, 6) is 0.0954. The first-order valence-corrected chi connectivity index (χ1v) is 5.99. The van der Waals surface area contributed by atoms with Gasteiger partial charge in [-0.05, 0) is 24.5 Å². The maximum Gasteiger partial charge on any atom is 0.168 e. The van der Waals surface area contributed by atoms with E-state index in [9.17, 15) is 4.79 Å². The Balaban J connectivity index is 2.73. The van der Waals surface area contributed by atoms with Crippen LogP contribution in [0.2, 0.25) is 0 Å². The first-order chi connectivity index (χ1) is 7.95. The van der Waals surface area contributed by atoms with Gasteiger partial charge in [0, 0.05) is 18.5 Å². The molecule has 1 rings (SSSR count). The molecule has 94 valence electrons. The Bertz CT molecular complexity index is 354. The summed E-state index contributed by atoms with van der Waals surface area (Å²) in [5, 5.41) is 0. The van der Waals surface area contributed by atoms with Crippen molar-refractivity contribution in [1.82, 2.24) is 4.98 Å². The molecular weight excluding hydrogens is 214 g/mol. The Labute approximate surface area is 103 Å². The van der Waals surface area contributed by atoms with Crippen LogP contribution in [0.3, 0.4) is 0 Å². The second kappa shape index (κ2) is 5.92. The molecule has 0 saturated carbocycles. The summed E-state index contributed by atoms with van der Waals surface area (Å²) in [6.07, 6.45) is 1.67. The summed E-state index contributed by atoms with van der Waals surface area (Å²) >= 11 is 0. The summed E-state index contributed by atoms with van der Waals surface area (Å²) in [6, 6.07) is 5.60. The van der Waals surface area contributed by atoms with Crippen molar-refractivity contribution in [3.05, 3.63) is 30.1 Å². The Morgan fingerprint density at radius 3 is 2.59 bits per heavy atom. The van der Waals surface area contributed by atoms with E-state index >= 15 is 0 Å². The van der Waals surface area contributed by atoms with E-state index in [1.807, 2.05) is 45.9 Å². The summed E-state index contributed by atoms with van der Waals surface area (Å²) in [7, 11) is 0. The van der Waals surface area contributed by atoms with Crippen molar-refractivity contribution in [1.29, 1.82) is 0 Å². The molecule has 1 unspecified atom stereocenters. The van der Waals surface area contributed by atoms with Gasteiger partial charge >= 0.3 is 0 Å². The van der Waals surface area contributed by atoms with Gasteiger partial charge in [0.25, 0.3) is 0 Å². The number of carbonyl (C=O) groups excluding carboxylic acids is 1. The highest BCUT2D eigenvalue weighted by atomic mass is 16.5. The van der Waals surface area contributed by atoms with Gasteiger partial charge in [-0.25, -0.2) is 0 Å². The minimum Gasteiger partial charge on any atom is -0.370 e. The highest BCUT2D eigenvalue weighted by molar-refractivity contribution is 5.85. The molecule has 0 aromatic carbocycles. The number of carbonyl (C=O) groups is 1. The van der Waals surface area contributed by atoms with Crippen molar-refractivity contribution in [2.75, 3.05) is 6.61 Å². The van der Waals surface area contributed by atoms with Gasteiger partial charge in [-0.2, -0.15) is 0 Å². The van der Waals surface area contributed by atoms with E-state index in [-0.39, 0.29) is 17.3 Å². The normalized spacial score (nSPS) is 13.4. The van der Waals surface area contributed by atoms with Gasteiger partial charge in [0.05, 0.1) is 6.42 Å². The lowest BCUT2D eigenvalue weighted by Gasteiger charge is -2.29. The molecule has 0 bridgehead atoms. The summed E-state index contributed by atoms with van der Waals surface area (Å²) < 4.78 is 5.56. The molecule has 0 aliphatic carbocycles. The smallest absolute Gasteiger partial charge is 0.168 e. The van der Waals surface area contributed by atoms with Crippen molar-refractivity contribution in [2.24, 2.45) is 5.41 Å². The van der Waals surface area contributed by atoms with Crippen LogP contribution in [0.1, 0.15) is 33.4 Å². The summed E-state index contributed by atoms with van der Waals surface area (Å²) in [5.41, 5.74) is 0.619. The molecule has 0 saturated heterocycles. The third kappa shape index (κ3) is 4.27. The Kier molecular flexibility index (Phi) is 4.82. The minimum absolute atomic E-state index is 0.0954. The van der Waals surface area contributed by atoms with Crippen LogP contribution in [-0.2, 0) is 16.0 Å². The van der Waals surface area contributed by atoms with Crippen molar-refractivity contribution in [2.45, 2.75) is 40.2 Å². The molecule has 1 atom stereocenters. The van der Waals surface area contributed by atoms with Crippen molar-refractivity contribution >= 4 is 5.78 Å². The number of aromatic nitrogens is 1. The van der Waals surface area contributed by atoms with Crippen LogP contribution in [0.15, 0.2) is 24.4 Å². The van der Waals surface area contributed by atoms with E-state index in [2.05, 4.69) is 4.98 Å². The van der Waals surface area contributed by atoms with Gasteiger partial charge in [-0.15, -0.1) is 0 Å². The maximum absolute atomic E-state index is 12.2. The molecule has 0 N–H and O–H groups in total. The van der Waals surface area contributed by atoms with Crippen LogP contribution in [0.5, 0.6) is 0 Å². The van der Waals surface area contributed by atoms with Gasteiger partial charge < -0.3 is 4.74 Å². The Morgan fingerprint density at radius 1 is 1.41 bits per heavy atom. The predicted molar refractivity (Wildman–Crippen MR) is 67.8 cm³/mol. The molecule has 0 amide bonds. The largest absolute Gasteiger partial charge is 0.370 e. The third-order valence-electron chi connectivity index (χ3n) is 2.49. The predicted octanol–water partition coefficient (Wildman–Crippen LogP) is 2.64. The molecule has 3 heteroatoms. The van der Waals surface area contributed by atoms with E-state index < -0.39 is 0 Å². The fourth-order valence-corrected chi connectivity index (χ4v) is 1.77. The monoisotopic (exact) mass is 235 g/mol. The number of ketones is 1. The number of pyridine rings is 1. The molecule has 1 aromatic heterocycles. The first kappa shape index (κ1) is 13.8. The zero-order valence-corrected chi connectivity index (χ0v) is 11.1. The number of rotatable bonds is 5. The van der Waals surface area contributed by atoms with Crippen LogP contribution in [0.25, 0.3) is 0 Å². The van der Waals surface area contributed by atoms with Crippen molar-refractivity contribution < 1.29 is 9.53 Å². The Morgan fingerprint density at radius 2 is 2.12 bits per heavy atom. The average molecular weight is 235 g/mol. The zero-order valence-electron chi connectivity index (χ0n) is 11.1. The van der Waals surface area contributed by atoms with Gasteiger partial charge in [0.2, 0.25) is 0 Å². The molecule has 0 radical (unpaired) electrons. The van der Waals surface area contributed by atoms with Crippen LogP contribution < -0.4 is 0 Å². The zero-order chi connectivity index (χ0) is 12.9. The molecule has 0 spiro atoms. The second-order valence-corrected chi connectivity index (χ2v) is 5.17. The molecule has 17 heavy (non-hydrogen) atoms. The number of nitrogens with zero attached hydrogens (tertiary/aromatic N) is 1. The fourth-order valence-electron chi connectivity index (χ4n) is 1.77. The molecular formula is C14H21NO2. The van der Waals surface area contributed by atoms with Crippen LogP contribution in [0.4, 0.5) is 0 Å². The fraction of sp³-hybridized carbons (Fsp3) is 0.571. The van der Waals surface area contributed by atoms with E-state index in [1.54, 1.807) is 6.20 Å². The number of hydrogen-bond donors (Lipinski definition) is 0. The lowest BCUT2D eigenvalue weighted by molar-refractivity contribution is -0.136. The Hall–Kier alpha value is -1.22. The standard InChI is InChI=1S/C14H21NO2/c1-5-17-13(14(2,3)4)12(16)10-11-8-6-7-9-15-11/h6-9,13H,5,10H2,1-4H3. The lowest BCUT2D eigenvalue weighted by Crippen LogP contribution is -2.38. The SMILES string of the molecule is CCOC(C(=O)Cc1ccccn1)C(C)(C)C. The highest BCUT2D eigenvalue weighted by Crippen LogP contribution is 2.24. The average Bonchev–Trinajstić information content (AvgIpc) is 2.25. The maximum atomic E-state index is 12.2. The molecule has 1 heterocycles. The molecule has 1 aromatic rings. The van der Waals surface area contributed by atoms with E-state index in [0.717, 1.165) is 5.69 Å². The topological polar surface area (TPSA) is 39.2 Å². The van der Waals surface area contributed by atoms with Gasteiger partial charge in [-0.1, -0.05) is 26.8 Å². The lowest BCUT2D eigenvalue weighted by atomic mass is 9.85. The number of hydrogen-bond acceptors (Lipinski definition) is 3. The summed E-state index contributed by atoms with van der Waals surface area (Å²) in [4.78, 5) is 16.4. The molecule has 0 aliphatic heterocycles. The van der Waals surface area contributed by atoms with Crippen molar-refractivity contribution in [3.8, 4) is 0 Å². The van der Waals surface area contributed by atoms with E-state index in [4.69, 9.17) is 4.74 Å². The van der Waals surface area contributed by atoms with Crippen LogP contribution in [-0.4, -0.2) is 23.5 Å². The molecule has 0 fully saturated rings. The number of ether oxygens (including phenoxy) is 1. The van der Waals surface area contributed by atoms with Gasteiger partial charge in [0.15, 0.2) is 5.78 Å². The minimum atomic E-state index is -0.366. The second-order valence-electron chi connectivity index (χ2n) is 5.17. The van der Waals surface area contributed by atoms with Crippen LogP contribution in [0, 0.1) is 5.41 Å². The van der Waals surface area contributed by atoms with Crippen LogP contribution >= 0.6 is 0 Å². The first-order valence-electron chi connectivity index (χ1n) is 5.99. The van der Waals surface area contributed by atoms with Crippen molar-refractivity contribution in [3.63, 3.8) is 0 Å². The summed E-state index contributed by atoms with van der Waals surface area (Å²) in [6.45, 7) is 8.51. The van der Waals surface area contributed by atoms with E-state index in [0.29, 0.717) is 13.0 Å². The van der Waals surface area contributed by atoms with E-state index in [1.165, 1.54) is 0 Å². The third-order valence-corrected chi connectivity index (χ3v) is 2.49. The quantitative estimate of drug-likeness (QED) is 0.787.